The molecule has 0 spiro atoms. The molecule has 1 aromatic heterocycles. The molecule has 0 fully saturated rings. The van der Waals surface area contributed by atoms with E-state index in [0.717, 1.165) is 24.3 Å². The monoisotopic (exact) mass is 293 g/mol. The van der Waals surface area contributed by atoms with Gasteiger partial charge in [-0.15, -0.1) is 0 Å². The van der Waals surface area contributed by atoms with Gasteiger partial charge in [-0.05, 0) is 6.07 Å². The molecule has 0 saturated carbocycles. The number of aromatic nitrogens is 1. The van der Waals surface area contributed by atoms with Gasteiger partial charge in [0.2, 0.25) is 0 Å². The topological polar surface area (TPSA) is 88.7 Å². The number of anilines is 2. The fourth-order valence-corrected chi connectivity index (χ4v) is 1.53. The van der Waals surface area contributed by atoms with Gasteiger partial charge in [0.25, 0.3) is 0 Å². The van der Waals surface area contributed by atoms with Crippen molar-refractivity contribution < 1.29 is 27.8 Å². The van der Waals surface area contributed by atoms with Gasteiger partial charge in [0, 0.05) is 6.54 Å². The van der Waals surface area contributed by atoms with Gasteiger partial charge in [-0.3, -0.25) is 0 Å². The van der Waals surface area contributed by atoms with Crippen molar-refractivity contribution in [3.05, 3.63) is 17.8 Å². The van der Waals surface area contributed by atoms with Crippen LogP contribution in [0.3, 0.4) is 0 Å². The van der Waals surface area contributed by atoms with Gasteiger partial charge in [-0.25, -0.2) is 9.78 Å². The van der Waals surface area contributed by atoms with Crippen molar-refractivity contribution in [3.8, 4) is 0 Å². The summed E-state index contributed by atoms with van der Waals surface area (Å²) in [5.74, 6) is -0.895. The van der Waals surface area contributed by atoms with Crippen LogP contribution in [0.15, 0.2) is 12.3 Å². The van der Waals surface area contributed by atoms with Gasteiger partial charge in [-0.2, -0.15) is 13.2 Å². The van der Waals surface area contributed by atoms with Crippen LogP contribution in [0.1, 0.15) is 10.4 Å². The van der Waals surface area contributed by atoms with E-state index in [2.05, 4.69) is 9.72 Å². The number of carbonyl (C=O) groups is 1. The largest absolute Gasteiger partial charge is 0.465 e. The minimum atomic E-state index is -4.47. The molecule has 0 bridgehead atoms. The number of halogens is 3. The van der Waals surface area contributed by atoms with Crippen molar-refractivity contribution in [1.29, 1.82) is 0 Å². The number of aliphatic hydroxyl groups is 1. The second-order valence-electron chi connectivity index (χ2n) is 3.88. The highest BCUT2D eigenvalue weighted by Crippen LogP contribution is 2.23. The first-order valence-electron chi connectivity index (χ1n) is 5.55. The predicted molar refractivity (Wildman–Crippen MR) is 65.3 cm³/mol. The first-order valence-corrected chi connectivity index (χ1v) is 5.55. The van der Waals surface area contributed by atoms with Crippen molar-refractivity contribution in [2.24, 2.45) is 0 Å². The molecule has 0 aliphatic rings. The smallest absolute Gasteiger partial charge is 0.405 e. The molecular weight excluding hydrogens is 279 g/mol. The number of esters is 1. The first-order chi connectivity index (χ1) is 9.28. The highest BCUT2D eigenvalue weighted by Gasteiger charge is 2.31. The molecular formula is C11H14F3N3O3. The third-order valence-electron chi connectivity index (χ3n) is 2.39. The van der Waals surface area contributed by atoms with E-state index >= 15 is 0 Å². The van der Waals surface area contributed by atoms with Crippen LogP contribution < -0.4 is 10.6 Å². The highest BCUT2D eigenvalue weighted by atomic mass is 19.4. The molecule has 0 saturated heterocycles. The van der Waals surface area contributed by atoms with Crippen molar-refractivity contribution >= 4 is 17.5 Å². The Hall–Kier alpha value is -2.03. The summed E-state index contributed by atoms with van der Waals surface area (Å²) in [5, 5.41) is 8.82. The fraction of sp³-hybridized carbons (Fsp3) is 0.455. The van der Waals surface area contributed by atoms with Crippen LogP contribution in [-0.4, -0.2) is 49.0 Å². The van der Waals surface area contributed by atoms with E-state index in [1.54, 1.807) is 0 Å². The number of methoxy groups -OCH3 is 1. The van der Waals surface area contributed by atoms with Crippen molar-refractivity contribution in [1.82, 2.24) is 4.98 Å². The van der Waals surface area contributed by atoms with Gasteiger partial charge in [0.05, 0.1) is 31.2 Å². The Morgan fingerprint density at radius 2 is 2.20 bits per heavy atom. The molecule has 1 heterocycles. The molecule has 9 heteroatoms. The van der Waals surface area contributed by atoms with E-state index in [1.807, 2.05) is 0 Å². The summed E-state index contributed by atoms with van der Waals surface area (Å²) in [6.45, 7) is -2.07. The molecule has 6 nitrogen and oxygen atoms in total. The van der Waals surface area contributed by atoms with Crippen LogP contribution in [0.25, 0.3) is 0 Å². The molecule has 0 unspecified atom stereocenters. The SMILES string of the molecule is COC(=O)c1cc(N(CCO)CC(F)(F)F)ncc1N. The molecule has 0 radical (unpaired) electrons. The average molecular weight is 293 g/mol. The predicted octanol–water partition coefficient (Wildman–Crippen LogP) is 0.811. The maximum atomic E-state index is 12.5. The second kappa shape index (κ2) is 6.42. The minimum absolute atomic E-state index is 0.00319. The maximum Gasteiger partial charge on any atom is 0.405 e. The number of ether oxygens (including phenoxy) is 1. The van der Waals surface area contributed by atoms with Crippen molar-refractivity contribution in [2.75, 3.05) is 37.4 Å². The van der Waals surface area contributed by atoms with Gasteiger partial charge in [0.15, 0.2) is 0 Å². The normalized spacial score (nSPS) is 11.2. The van der Waals surface area contributed by atoms with Crippen LogP contribution in [0, 0.1) is 0 Å². The molecule has 112 valence electrons. The van der Waals surface area contributed by atoms with E-state index in [4.69, 9.17) is 10.8 Å². The number of nitrogens with zero attached hydrogens (tertiary/aromatic N) is 2. The van der Waals surface area contributed by atoms with E-state index in [-0.39, 0.29) is 23.6 Å². The zero-order valence-electron chi connectivity index (χ0n) is 10.6. The Morgan fingerprint density at radius 3 is 2.70 bits per heavy atom. The summed E-state index contributed by atoms with van der Waals surface area (Å²) in [6, 6.07) is 1.10. The van der Waals surface area contributed by atoms with Gasteiger partial charge < -0.3 is 20.5 Å². The first kappa shape index (κ1) is 16.0. The summed E-state index contributed by atoms with van der Waals surface area (Å²) < 4.78 is 41.8. The van der Waals surface area contributed by atoms with E-state index in [9.17, 15) is 18.0 Å². The minimum Gasteiger partial charge on any atom is -0.465 e. The summed E-state index contributed by atoms with van der Waals surface area (Å²) in [5.41, 5.74) is 5.43. The summed E-state index contributed by atoms with van der Waals surface area (Å²) in [4.78, 5) is 16.0. The van der Waals surface area contributed by atoms with Crippen molar-refractivity contribution in [3.63, 3.8) is 0 Å². The molecule has 0 aliphatic heterocycles. The number of nitrogen functional groups attached to an aromatic ring is 1. The molecule has 0 atom stereocenters. The molecule has 20 heavy (non-hydrogen) atoms. The van der Waals surface area contributed by atoms with Crippen LogP contribution >= 0.6 is 0 Å². The number of pyridine rings is 1. The Bertz CT molecular complexity index is 480. The van der Waals surface area contributed by atoms with Gasteiger partial charge in [-0.1, -0.05) is 0 Å². The summed E-state index contributed by atoms with van der Waals surface area (Å²) in [7, 11) is 1.13. The van der Waals surface area contributed by atoms with Crippen LogP contribution in [-0.2, 0) is 4.74 Å². The highest BCUT2D eigenvalue weighted by molar-refractivity contribution is 5.95. The van der Waals surface area contributed by atoms with Crippen molar-refractivity contribution in [2.45, 2.75) is 6.18 Å². The zero-order valence-corrected chi connectivity index (χ0v) is 10.6. The number of alkyl halides is 3. The van der Waals surface area contributed by atoms with E-state index < -0.39 is 25.3 Å². The van der Waals surface area contributed by atoms with Crippen LogP contribution in [0.5, 0.6) is 0 Å². The quantitative estimate of drug-likeness (QED) is 0.781. The number of hydrogen-bond acceptors (Lipinski definition) is 6. The van der Waals surface area contributed by atoms with Gasteiger partial charge >= 0.3 is 12.1 Å². The molecule has 3 N–H and O–H groups in total. The maximum absolute atomic E-state index is 12.5. The fourth-order valence-electron chi connectivity index (χ4n) is 1.53. The third-order valence-corrected chi connectivity index (χ3v) is 2.39. The lowest BCUT2D eigenvalue weighted by atomic mass is 10.2. The number of rotatable bonds is 5. The number of nitrogens with two attached hydrogens (primary N) is 1. The van der Waals surface area contributed by atoms with E-state index in [0.29, 0.717) is 0 Å². The Labute approximate surface area is 113 Å². The van der Waals surface area contributed by atoms with Crippen LogP contribution in [0.4, 0.5) is 24.7 Å². The number of hydrogen-bond donors (Lipinski definition) is 2. The molecule has 0 aliphatic carbocycles. The zero-order chi connectivity index (χ0) is 15.3. The molecule has 1 aromatic rings. The average Bonchev–Trinajstić information content (AvgIpc) is 2.36. The lowest BCUT2D eigenvalue weighted by Gasteiger charge is -2.24. The Kier molecular flexibility index (Phi) is 5.14. The lowest BCUT2D eigenvalue weighted by Crippen LogP contribution is -2.37. The van der Waals surface area contributed by atoms with E-state index in [1.165, 1.54) is 0 Å². The molecule has 1 rings (SSSR count). The Balaban J connectivity index is 3.11. The number of aliphatic hydroxyl groups excluding tert-OH is 1. The second-order valence-corrected chi connectivity index (χ2v) is 3.88. The third kappa shape index (κ3) is 4.26. The standard InChI is InChI=1S/C11H14F3N3O3/c1-20-10(19)7-4-9(16-5-8(7)15)17(2-3-18)6-11(12,13)14/h4-5,18H,2-3,6,15H2,1H3. The van der Waals surface area contributed by atoms with Gasteiger partial charge in [0.1, 0.15) is 12.4 Å². The molecule has 0 amide bonds. The summed E-state index contributed by atoms with van der Waals surface area (Å²) >= 11 is 0. The number of carbonyl (C=O) groups excluding carboxylic acids is 1. The van der Waals surface area contributed by atoms with Crippen LogP contribution in [0.2, 0.25) is 0 Å². The Morgan fingerprint density at radius 1 is 1.55 bits per heavy atom. The summed E-state index contributed by atoms with van der Waals surface area (Å²) in [6.07, 6.45) is -3.40. The molecule has 0 aromatic carbocycles. The lowest BCUT2D eigenvalue weighted by molar-refractivity contribution is -0.120.